The molecule has 3 N–H and O–H groups in total. The van der Waals surface area contributed by atoms with Gasteiger partial charge in [-0.15, -0.1) is 0 Å². The fraction of sp³-hybridized carbons (Fsp3) is 0.148. The lowest BCUT2D eigenvalue weighted by Gasteiger charge is -2.16. The number of phenols is 1. The van der Waals surface area contributed by atoms with E-state index in [1.807, 2.05) is 6.92 Å². The van der Waals surface area contributed by atoms with Gasteiger partial charge in [-0.3, -0.25) is 24.6 Å². The molecule has 10 heteroatoms. The zero-order chi connectivity index (χ0) is 26.5. The molecule has 1 unspecified atom stereocenters. The average molecular weight is 501 g/mol. The molecule has 0 radical (unpaired) electrons. The zero-order valence-electron chi connectivity index (χ0n) is 19.8. The van der Waals surface area contributed by atoms with Crippen molar-refractivity contribution in [3.05, 3.63) is 95.1 Å². The van der Waals surface area contributed by atoms with Crippen molar-refractivity contribution in [2.45, 2.75) is 19.4 Å². The van der Waals surface area contributed by atoms with Gasteiger partial charge in [-0.2, -0.15) is 0 Å². The Morgan fingerprint density at radius 3 is 2.14 bits per heavy atom. The number of nitrogens with one attached hydrogen (secondary N) is 2. The Labute approximate surface area is 211 Å². The molecule has 10 nitrogen and oxygen atoms in total. The van der Waals surface area contributed by atoms with E-state index in [-0.39, 0.29) is 34.8 Å². The topological polar surface area (TPSA) is 142 Å². The van der Waals surface area contributed by atoms with E-state index >= 15 is 0 Å². The Hall–Kier alpha value is -4.83. The quantitative estimate of drug-likeness (QED) is 0.185. The molecular formula is C27H23N3O7. The number of anilines is 1. The van der Waals surface area contributed by atoms with Crippen molar-refractivity contribution in [3.8, 4) is 5.75 Å². The van der Waals surface area contributed by atoms with Crippen LogP contribution < -0.4 is 15.8 Å². The standard InChI is InChI=1S/C27H23N3O7/c1-16-2-4-17(5-3-16)23(32)15-37-27(36)19-6-10-20(11-7-19)30-24(33)14-22(26(30)35)28-29-25(34)18-8-12-21(31)13-9-18/h2-13,22,28,31H,14-15H2,1H3,(H,29,34). The molecule has 3 aromatic carbocycles. The van der Waals surface area contributed by atoms with Gasteiger partial charge in [0.25, 0.3) is 11.8 Å². The summed E-state index contributed by atoms with van der Waals surface area (Å²) >= 11 is 0. The van der Waals surface area contributed by atoms with Crippen LogP contribution in [0.4, 0.5) is 5.69 Å². The summed E-state index contributed by atoms with van der Waals surface area (Å²) in [7, 11) is 0. The predicted molar refractivity (Wildman–Crippen MR) is 132 cm³/mol. The van der Waals surface area contributed by atoms with Gasteiger partial charge in [-0.25, -0.2) is 15.1 Å². The molecule has 0 spiro atoms. The third kappa shape index (κ3) is 5.88. The number of aromatic hydroxyl groups is 1. The van der Waals surface area contributed by atoms with Gasteiger partial charge < -0.3 is 9.84 Å². The lowest BCUT2D eigenvalue weighted by atomic mass is 10.1. The highest BCUT2D eigenvalue weighted by atomic mass is 16.5. The number of hydrazine groups is 1. The maximum atomic E-state index is 12.8. The van der Waals surface area contributed by atoms with Crippen LogP contribution in [0.1, 0.15) is 43.1 Å². The first-order valence-corrected chi connectivity index (χ1v) is 11.3. The van der Waals surface area contributed by atoms with Gasteiger partial charge in [0.05, 0.1) is 17.7 Å². The minimum absolute atomic E-state index is 0.00624. The molecular weight excluding hydrogens is 478 g/mol. The van der Waals surface area contributed by atoms with Crippen LogP contribution >= 0.6 is 0 Å². The van der Waals surface area contributed by atoms with E-state index in [1.54, 1.807) is 24.3 Å². The number of Topliss-reactive ketones (excluding diaryl/α,β-unsaturated/α-hetero) is 1. The lowest BCUT2D eigenvalue weighted by molar-refractivity contribution is -0.121. The van der Waals surface area contributed by atoms with Crippen LogP contribution in [0, 0.1) is 6.92 Å². The second kappa shape index (κ2) is 10.8. The molecule has 1 fully saturated rings. The number of amides is 3. The molecule has 1 aliphatic rings. The molecule has 188 valence electrons. The van der Waals surface area contributed by atoms with E-state index in [4.69, 9.17) is 4.74 Å². The monoisotopic (exact) mass is 501 g/mol. The Balaban J connectivity index is 1.33. The smallest absolute Gasteiger partial charge is 0.338 e. The first-order chi connectivity index (χ1) is 17.7. The molecule has 0 saturated carbocycles. The number of rotatable bonds is 8. The molecule has 3 aromatic rings. The molecule has 1 heterocycles. The predicted octanol–water partition coefficient (Wildman–Crippen LogP) is 2.31. The van der Waals surface area contributed by atoms with Gasteiger partial charge in [-0.1, -0.05) is 29.8 Å². The highest BCUT2D eigenvalue weighted by molar-refractivity contribution is 6.22. The van der Waals surface area contributed by atoms with Gasteiger partial charge in [0.15, 0.2) is 12.4 Å². The van der Waals surface area contributed by atoms with Crippen LogP contribution in [0.25, 0.3) is 0 Å². The van der Waals surface area contributed by atoms with Crippen molar-refractivity contribution < 1.29 is 33.8 Å². The molecule has 1 aliphatic heterocycles. The summed E-state index contributed by atoms with van der Waals surface area (Å²) in [6, 6.07) is 17.1. The van der Waals surface area contributed by atoms with E-state index in [1.165, 1.54) is 48.5 Å². The summed E-state index contributed by atoms with van der Waals surface area (Å²) in [6.07, 6.45) is -0.181. The largest absolute Gasteiger partial charge is 0.508 e. The number of hydrogen-bond acceptors (Lipinski definition) is 8. The molecule has 0 aromatic heterocycles. The molecule has 3 amide bonds. The Kier molecular flexibility index (Phi) is 7.40. The Bertz CT molecular complexity index is 1350. The fourth-order valence-corrected chi connectivity index (χ4v) is 3.64. The Morgan fingerprint density at radius 2 is 1.49 bits per heavy atom. The van der Waals surface area contributed by atoms with E-state index < -0.39 is 36.3 Å². The summed E-state index contributed by atoms with van der Waals surface area (Å²) in [5.41, 5.74) is 7.04. The summed E-state index contributed by atoms with van der Waals surface area (Å²) in [6.45, 7) is 1.48. The van der Waals surface area contributed by atoms with Crippen molar-refractivity contribution >= 4 is 35.2 Å². The number of benzene rings is 3. The number of aryl methyl sites for hydroxylation is 1. The van der Waals surface area contributed by atoms with Crippen LogP contribution in [-0.2, 0) is 14.3 Å². The summed E-state index contributed by atoms with van der Waals surface area (Å²) in [4.78, 5) is 63.0. The van der Waals surface area contributed by atoms with Crippen molar-refractivity contribution in [1.29, 1.82) is 0 Å². The Morgan fingerprint density at radius 1 is 0.892 bits per heavy atom. The molecule has 1 saturated heterocycles. The van der Waals surface area contributed by atoms with Crippen molar-refractivity contribution in [1.82, 2.24) is 10.9 Å². The van der Waals surface area contributed by atoms with Crippen LogP contribution in [0.3, 0.4) is 0 Å². The summed E-state index contributed by atoms with van der Waals surface area (Å²) in [5.74, 6) is -2.65. The van der Waals surface area contributed by atoms with Gasteiger partial charge in [0.1, 0.15) is 11.8 Å². The minimum atomic E-state index is -0.981. The number of nitrogens with zero attached hydrogens (tertiary/aromatic N) is 1. The first-order valence-electron chi connectivity index (χ1n) is 11.3. The van der Waals surface area contributed by atoms with Crippen molar-refractivity contribution in [2.75, 3.05) is 11.5 Å². The van der Waals surface area contributed by atoms with E-state index in [0.29, 0.717) is 5.56 Å². The molecule has 4 rings (SSSR count). The van der Waals surface area contributed by atoms with E-state index in [2.05, 4.69) is 10.9 Å². The second-order valence-electron chi connectivity index (χ2n) is 8.38. The second-order valence-corrected chi connectivity index (χ2v) is 8.38. The number of hydrogen-bond donors (Lipinski definition) is 3. The van der Waals surface area contributed by atoms with Crippen molar-refractivity contribution in [3.63, 3.8) is 0 Å². The summed E-state index contributed by atoms with van der Waals surface area (Å²) < 4.78 is 5.10. The number of ether oxygens (including phenoxy) is 1. The average Bonchev–Trinajstić information content (AvgIpc) is 3.19. The lowest BCUT2D eigenvalue weighted by Crippen LogP contribution is -2.48. The first kappa shape index (κ1) is 25.3. The third-order valence-electron chi connectivity index (χ3n) is 5.71. The number of phenolic OH excluding ortho intramolecular Hbond substituents is 1. The number of imide groups is 1. The van der Waals surface area contributed by atoms with Gasteiger partial charge in [0, 0.05) is 11.1 Å². The van der Waals surface area contributed by atoms with Gasteiger partial charge in [0.2, 0.25) is 5.91 Å². The SMILES string of the molecule is Cc1ccc(C(=O)COC(=O)c2ccc(N3C(=O)CC(NNC(=O)c4ccc(O)cc4)C3=O)cc2)cc1. The molecule has 0 bridgehead atoms. The zero-order valence-corrected chi connectivity index (χ0v) is 19.8. The van der Waals surface area contributed by atoms with Crippen LogP contribution in [0.2, 0.25) is 0 Å². The highest BCUT2D eigenvalue weighted by Gasteiger charge is 2.39. The molecule has 0 aliphatic carbocycles. The summed E-state index contributed by atoms with van der Waals surface area (Å²) in [5, 5.41) is 9.31. The molecule has 1 atom stereocenters. The van der Waals surface area contributed by atoms with Gasteiger partial charge in [-0.05, 0) is 55.5 Å². The number of carbonyl (C=O) groups excluding carboxylic acids is 5. The van der Waals surface area contributed by atoms with Crippen LogP contribution in [0.5, 0.6) is 5.75 Å². The van der Waals surface area contributed by atoms with Crippen LogP contribution in [0.15, 0.2) is 72.8 Å². The number of carbonyl (C=O) groups is 5. The normalized spacial score (nSPS) is 14.9. The highest BCUT2D eigenvalue weighted by Crippen LogP contribution is 2.23. The molecule has 37 heavy (non-hydrogen) atoms. The third-order valence-corrected chi connectivity index (χ3v) is 5.71. The number of esters is 1. The van der Waals surface area contributed by atoms with E-state index in [0.717, 1.165) is 10.5 Å². The van der Waals surface area contributed by atoms with Crippen LogP contribution in [-0.4, -0.2) is 47.2 Å². The number of ketones is 1. The van der Waals surface area contributed by atoms with E-state index in [9.17, 15) is 29.1 Å². The van der Waals surface area contributed by atoms with Crippen molar-refractivity contribution in [2.24, 2.45) is 0 Å². The maximum Gasteiger partial charge on any atom is 0.338 e. The fourth-order valence-electron chi connectivity index (χ4n) is 3.64. The maximum absolute atomic E-state index is 12.8. The minimum Gasteiger partial charge on any atom is -0.508 e. The van der Waals surface area contributed by atoms with Gasteiger partial charge >= 0.3 is 5.97 Å².